The van der Waals surface area contributed by atoms with Gasteiger partial charge in [0.1, 0.15) is 4.88 Å². The number of aryl methyl sites for hydroxylation is 1. The van der Waals surface area contributed by atoms with Gasteiger partial charge in [-0.05, 0) is 29.5 Å². The van der Waals surface area contributed by atoms with Gasteiger partial charge in [-0.15, -0.1) is 11.3 Å². The monoisotopic (exact) mass is 272 g/mol. The van der Waals surface area contributed by atoms with Crippen molar-refractivity contribution >= 4 is 17.0 Å². The third kappa shape index (κ3) is 2.10. The Labute approximate surface area is 114 Å². The van der Waals surface area contributed by atoms with Crippen molar-refractivity contribution in [2.75, 3.05) is 5.73 Å². The number of rotatable bonds is 3. The topological polar surface area (TPSA) is 77.8 Å². The first-order chi connectivity index (χ1) is 9.29. The Balaban J connectivity index is 2.04. The van der Waals surface area contributed by atoms with Crippen LogP contribution in [0.3, 0.4) is 0 Å². The largest absolute Gasteiger partial charge is 0.397 e. The SMILES string of the molecule is CCc1cnccc1-c1noc(-c2sccc2N)n1. The molecule has 0 saturated carbocycles. The lowest BCUT2D eigenvalue weighted by atomic mass is 10.1. The van der Waals surface area contributed by atoms with Crippen LogP contribution in [-0.4, -0.2) is 15.1 Å². The van der Waals surface area contributed by atoms with Crippen molar-refractivity contribution in [2.24, 2.45) is 0 Å². The maximum absolute atomic E-state index is 5.85. The summed E-state index contributed by atoms with van der Waals surface area (Å²) in [6.07, 6.45) is 4.42. The molecule has 0 unspecified atom stereocenters. The predicted molar refractivity (Wildman–Crippen MR) is 74.6 cm³/mol. The minimum atomic E-state index is 0.460. The van der Waals surface area contributed by atoms with E-state index in [2.05, 4.69) is 22.0 Å². The van der Waals surface area contributed by atoms with Crippen LogP contribution >= 0.6 is 11.3 Å². The van der Waals surface area contributed by atoms with Gasteiger partial charge >= 0.3 is 0 Å². The van der Waals surface area contributed by atoms with E-state index in [-0.39, 0.29) is 0 Å². The molecule has 0 saturated heterocycles. The summed E-state index contributed by atoms with van der Waals surface area (Å²) in [7, 11) is 0. The van der Waals surface area contributed by atoms with Crippen molar-refractivity contribution < 1.29 is 4.52 Å². The summed E-state index contributed by atoms with van der Waals surface area (Å²) in [5, 5.41) is 5.93. The van der Waals surface area contributed by atoms with E-state index in [0.717, 1.165) is 22.4 Å². The maximum atomic E-state index is 5.85. The molecule has 0 aliphatic heterocycles. The van der Waals surface area contributed by atoms with Crippen molar-refractivity contribution in [3.05, 3.63) is 35.5 Å². The molecule has 3 rings (SSSR count). The fourth-order valence-electron chi connectivity index (χ4n) is 1.85. The van der Waals surface area contributed by atoms with Crippen molar-refractivity contribution in [1.29, 1.82) is 0 Å². The first-order valence-corrected chi connectivity index (χ1v) is 6.78. The Morgan fingerprint density at radius 3 is 3.00 bits per heavy atom. The second-order valence-corrected chi connectivity index (χ2v) is 4.93. The summed E-state index contributed by atoms with van der Waals surface area (Å²) in [5.74, 6) is 1.03. The summed E-state index contributed by atoms with van der Waals surface area (Å²) in [6, 6.07) is 3.72. The van der Waals surface area contributed by atoms with Gasteiger partial charge in [0.2, 0.25) is 5.82 Å². The molecule has 0 aliphatic carbocycles. The van der Waals surface area contributed by atoms with Crippen LogP contribution < -0.4 is 5.73 Å². The molecule has 6 heteroatoms. The van der Waals surface area contributed by atoms with Gasteiger partial charge in [-0.2, -0.15) is 4.98 Å². The second kappa shape index (κ2) is 4.81. The number of anilines is 1. The molecule has 3 heterocycles. The maximum Gasteiger partial charge on any atom is 0.270 e. The van der Waals surface area contributed by atoms with E-state index in [1.807, 2.05) is 23.7 Å². The fourth-order valence-corrected chi connectivity index (χ4v) is 2.58. The van der Waals surface area contributed by atoms with E-state index >= 15 is 0 Å². The summed E-state index contributed by atoms with van der Waals surface area (Å²) >= 11 is 1.49. The van der Waals surface area contributed by atoms with Crippen LogP contribution in [0.1, 0.15) is 12.5 Å². The number of hydrogen-bond acceptors (Lipinski definition) is 6. The molecule has 0 amide bonds. The molecule has 2 N–H and O–H groups in total. The first-order valence-electron chi connectivity index (χ1n) is 5.90. The van der Waals surface area contributed by atoms with Crippen LogP contribution in [0.15, 0.2) is 34.4 Å². The molecule has 0 bridgehead atoms. The van der Waals surface area contributed by atoms with Crippen molar-refractivity contribution in [3.8, 4) is 22.2 Å². The van der Waals surface area contributed by atoms with Crippen LogP contribution in [-0.2, 0) is 6.42 Å². The van der Waals surface area contributed by atoms with Crippen molar-refractivity contribution in [2.45, 2.75) is 13.3 Å². The van der Waals surface area contributed by atoms with Crippen molar-refractivity contribution in [1.82, 2.24) is 15.1 Å². The van der Waals surface area contributed by atoms with Crippen LogP contribution in [0, 0.1) is 0 Å². The smallest absolute Gasteiger partial charge is 0.270 e. The Kier molecular flexibility index (Phi) is 3.00. The molecule has 0 aliphatic rings. The van der Waals surface area contributed by atoms with E-state index in [4.69, 9.17) is 10.3 Å². The summed E-state index contributed by atoms with van der Waals surface area (Å²) < 4.78 is 5.29. The lowest BCUT2D eigenvalue weighted by molar-refractivity contribution is 0.433. The molecule has 0 atom stereocenters. The Bertz CT molecular complexity index is 704. The molecule has 19 heavy (non-hydrogen) atoms. The molecule has 5 nitrogen and oxygen atoms in total. The van der Waals surface area contributed by atoms with E-state index in [1.54, 1.807) is 6.20 Å². The van der Waals surface area contributed by atoms with E-state index in [9.17, 15) is 0 Å². The van der Waals surface area contributed by atoms with Gasteiger partial charge in [0.25, 0.3) is 5.89 Å². The highest BCUT2D eigenvalue weighted by Gasteiger charge is 2.15. The average Bonchev–Trinajstić information content (AvgIpc) is 3.07. The van der Waals surface area contributed by atoms with Gasteiger partial charge in [0.15, 0.2) is 0 Å². The normalized spacial score (nSPS) is 10.8. The fraction of sp³-hybridized carbons (Fsp3) is 0.154. The van der Waals surface area contributed by atoms with Gasteiger partial charge in [-0.3, -0.25) is 4.98 Å². The molecular weight excluding hydrogens is 260 g/mol. The zero-order valence-corrected chi connectivity index (χ0v) is 11.1. The molecule has 0 spiro atoms. The number of nitrogens with zero attached hydrogens (tertiary/aromatic N) is 3. The molecule has 96 valence electrons. The van der Waals surface area contributed by atoms with Gasteiger partial charge in [-0.1, -0.05) is 12.1 Å². The zero-order valence-electron chi connectivity index (χ0n) is 10.3. The highest BCUT2D eigenvalue weighted by molar-refractivity contribution is 7.14. The zero-order chi connectivity index (χ0) is 13.2. The average molecular weight is 272 g/mol. The van der Waals surface area contributed by atoms with Crippen LogP contribution in [0.25, 0.3) is 22.2 Å². The van der Waals surface area contributed by atoms with Crippen LogP contribution in [0.2, 0.25) is 0 Å². The number of nitrogens with two attached hydrogens (primary N) is 1. The number of thiophene rings is 1. The highest BCUT2D eigenvalue weighted by atomic mass is 32.1. The number of aromatic nitrogens is 3. The molecule has 3 aromatic rings. The first kappa shape index (κ1) is 11.9. The molecular formula is C13H12N4OS. The number of pyridine rings is 1. The second-order valence-electron chi connectivity index (χ2n) is 4.01. The number of hydrogen-bond donors (Lipinski definition) is 1. The molecule has 3 aromatic heterocycles. The Morgan fingerprint density at radius 1 is 1.37 bits per heavy atom. The van der Waals surface area contributed by atoms with Gasteiger partial charge in [0, 0.05) is 18.0 Å². The summed E-state index contributed by atoms with van der Waals surface area (Å²) in [4.78, 5) is 9.34. The lowest BCUT2D eigenvalue weighted by Crippen LogP contribution is -1.90. The van der Waals surface area contributed by atoms with E-state index < -0.39 is 0 Å². The minimum absolute atomic E-state index is 0.460. The van der Waals surface area contributed by atoms with Crippen LogP contribution in [0.4, 0.5) is 5.69 Å². The Hall–Kier alpha value is -2.21. The third-order valence-electron chi connectivity index (χ3n) is 2.84. The van der Waals surface area contributed by atoms with E-state index in [1.165, 1.54) is 11.3 Å². The molecule has 0 radical (unpaired) electrons. The van der Waals surface area contributed by atoms with Crippen LogP contribution in [0.5, 0.6) is 0 Å². The minimum Gasteiger partial charge on any atom is -0.397 e. The van der Waals surface area contributed by atoms with Gasteiger partial charge in [-0.25, -0.2) is 0 Å². The predicted octanol–water partition coefficient (Wildman–Crippen LogP) is 3.00. The number of nitrogen functional groups attached to an aromatic ring is 1. The van der Waals surface area contributed by atoms with Gasteiger partial charge < -0.3 is 10.3 Å². The summed E-state index contributed by atoms with van der Waals surface area (Å²) in [6.45, 7) is 2.07. The summed E-state index contributed by atoms with van der Waals surface area (Å²) in [5.41, 5.74) is 8.55. The van der Waals surface area contributed by atoms with E-state index in [0.29, 0.717) is 17.4 Å². The Morgan fingerprint density at radius 2 is 2.26 bits per heavy atom. The van der Waals surface area contributed by atoms with Crippen molar-refractivity contribution in [3.63, 3.8) is 0 Å². The highest BCUT2D eigenvalue weighted by Crippen LogP contribution is 2.31. The quantitative estimate of drug-likeness (QED) is 0.793. The standard InChI is InChI=1S/C13H12N4OS/c1-2-8-7-15-5-3-9(8)12-16-13(18-17-12)11-10(14)4-6-19-11/h3-7H,2,14H2,1H3. The molecule has 0 aromatic carbocycles. The molecule has 0 fully saturated rings. The third-order valence-corrected chi connectivity index (χ3v) is 3.76. The van der Waals surface area contributed by atoms with Gasteiger partial charge in [0.05, 0.1) is 5.69 Å². The lowest BCUT2D eigenvalue weighted by Gasteiger charge is -2.00.